The van der Waals surface area contributed by atoms with Gasteiger partial charge in [0.1, 0.15) is 5.75 Å². The minimum atomic E-state index is -0.777. The average Bonchev–Trinajstić information content (AvgIpc) is 2.25. The van der Waals surface area contributed by atoms with Gasteiger partial charge in [0, 0.05) is 12.0 Å². The van der Waals surface area contributed by atoms with Gasteiger partial charge >= 0.3 is 5.97 Å². The van der Waals surface area contributed by atoms with E-state index in [1.54, 1.807) is 0 Å². The van der Waals surface area contributed by atoms with Gasteiger partial charge < -0.3 is 9.84 Å². The van der Waals surface area contributed by atoms with Crippen molar-refractivity contribution in [3.8, 4) is 5.75 Å². The van der Waals surface area contributed by atoms with Crippen LogP contribution >= 0.6 is 0 Å². The molecule has 0 saturated carbocycles. The van der Waals surface area contributed by atoms with E-state index in [1.165, 1.54) is 0 Å². The standard InChI is InChI=1S/C14H18O3/c1-11(2)17-13-9-5-3-7-12(13)8-4-6-10-14(15)16/h3-5,7-9,11H,6,10H2,1-2H3,(H,15,16). The fourth-order valence-electron chi connectivity index (χ4n) is 1.40. The number of aliphatic carboxylic acids is 1. The summed E-state index contributed by atoms with van der Waals surface area (Å²) in [6.07, 6.45) is 4.58. The van der Waals surface area contributed by atoms with E-state index in [1.807, 2.05) is 50.3 Å². The Morgan fingerprint density at radius 2 is 2.12 bits per heavy atom. The van der Waals surface area contributed by atoms with Crippen molar-refractivity contribution in [2.24, 2.45) is 0 Å². The first kappa shape index (κ1) is 13.3. The zero-order valence-electron chi connectivity index (χ0n) is 10.2. The summed E-state index contributed by atoms with van der Waals surface area (Å²) in [7, 11) is 0. The molecule has 0 radical (unpaired) electrons. The highest BCUT2D eigenvalue weighted by Gasteiger charge is 2.01. The summed E-state index contributed by atoms with van der Waals surface area (Å²) in [5.74, 6) is 0.0513. The molecule has 0 bridgehead atoms. The normalized spacial score (nSPS) is 11.0. The van der Waals surface area contributed by atoms with Crippen LogP contribution in [0.5, 0.6) is 5.75 Å². The van der Waals surface area contributed by atoms with Crippen molar-refractivity contribution in [1.82, 2.24) is 0 Å². The summed E-state index contributed by atoms with van der Waals surface area (Å²) in [5.41, 5.74) is 0.978. The second-order valence-corrected chi connectivity index (χ2v) is 4.04. The smallest absolute Gasteiger partial charge is 0.303 e. The van der Waals surface area contributed by atoms with Crippen LogP contribution in [0, 0.1) is 0 Å². The van der Waals surface area contributed by atoms with Crippen LogP contribution in [-0.4, -0.2) is 17.2 Å². The number of hydrogen-bond acceptors (Lipinski definition) is 2. The number of para-hydroxylation sites is 1. The lowest BCUT2D eigenvalue weighted by molar-refractivity contribution is -0.136. The van der Waals surface area contributed by atoms with Gasteiger partial charge in [0.2, 0.25) is 0 Å². The van der Waals surface area contributed by atoms with E-state index in [9.17, 15) is 4.79 Å². The first-order chi connectivity index (χ1) is 8.09. The van der Waals surface area contributed by atoms with Crippen LogP contribution in [0.25, 0.3) is 6.08 Å². The van der Waals surface area contributed by atoms with E-state index in [-0.39, 0.29) is 12.5 Å². The molecule has 1 rings (SSSR count). The Bertz CT molecular complexity index is 394. The molecule has 0 spiro atoms. The molecule has 92 valence electrons. The lowest BCUT2D eigenvalue weighted by Gasteiger charge is -2.11. The maximum Gasteiger partial charge on any atom is 0.303 e. The van der Waals surface area contributed by atoms with Gasteiger partial charge in [-0.15, -0.1) is 0 Å². The van der Waals surface area contributed by atoms with Crippen LogP contribution in [0.15, 0.2) is 30.3 Å². The lowest BCUT2D eigenvalue weighted by atomic mass is 10.1. The maximum atomic E-state index is 10.4. The molecular formula is C14H18O3. The van der Waals surface area contributed by atoms with Gasteiger partial charge in [-0.1, -0.05) is 30.4 Å². The quantitative estimate of drug-likeness (QED) is 0.821. The van der Waals surface area contributed by atoms with Crippen LogP contribution in [0.4, 0.5) is 0 Å². The molecule has 0 amide bonds. The molecule has 3 nitrogen and oxygen atoms in total. The molecule has 1 N–H and O–H groups in total. The van der Waals surface area contributed by atoms with Crippen molar-refractivity contribution in [3.63, 3.8) is 0 Å². The summed E-state index contributed by atoms with van der Waals surface area (Å²) in [6, 6.07) is 7.72. The molecular weight excluding hydrogens is 216 g/mol. The highest BCUT2D eigenvalue weighted by Crippen LogP contribution is 2.20. The third-order valence-electron chi connectivity index (χ3n) is 2.10. The van der Waals surface area contributed by atoms with E-state index < -0.39 is 5.97 Å². The third kappa shape index (κ3) is 5.20. The Labute approximate surface area is 102 Å². The van der Waals surface area contributed by atoms with E-state index in [0.717, 1.165) is 11.3 Å². The largest absolute Gasteiger partial charge is 0.490 e. The van der Waals surface area contributed by atoms with Crippen molar-refractivity contribution in [2.45, 2.75) is 32.8 Å². The molecule has 0 unspecified atom stereocenters. The number of carboxylic acids is 1. The van der Waals surface area contributed by atoms with Crippen molar-refractivity contribution in [3.05, 3.63) is 35.9 Å². The third-order valence-corrected chi connectivity index (χ3v) is 2.10. The minimum Gasteiger partial charge on any atom is -0.490 e. The fraction of sp³-hybridized carbons (Fsp3) is 0.357. The average molecular weight is 234 g/mol. The van der Waals surface area contributed by atoms with E-state index in [2.05, 4.69) is 0 Å². The Balaban J connectivity index is 2.66. The van der Waals surface area contributed by atoms with Crippen LogP contribution in [0.3, 0.4) is 0 Å². The number of hydrogen-bond donors (Lipinski definition) is 1. The van der Waals surface area contributed by atoms with Gasteiger partial charge in [-0.25, -0.2) is 0 Å². The lowest BCUT2D eigenvalue weighted by Crippen LogP contribution is -2.06. The SMILES string of the molecule is CC(C)Oc1ccccc1C=CCCC(=O)O. The van der Waals surface area contributed by atoms with Crippen molar-refractivity contribution in [1.29, 1.82) is 0 Å². The first-order valence-corrected chi connectivity index (χ1v) is 5.73. The van der Waals surface area contributed by atoms with Crippen LogP contribution in [-0.2, 0) is 4.79 Å². The monoisotopic (exact) mass is 234 g/mol. The van der Waals surface area contributed by atoms with Crippen LogP contribution in [0.2, 0.25) is 0 Å². The highest BCUT2D eigenvalue weighted by molar-refractivity contribution is 5.67. The molecule has 0 aliphatic heterocycles. The number of benzene rings is 1. The molecule has 1 aromatic rings. The van der Waals surface area contributed by atoms with Crippen molar-refractivity contribution < 1.29 is 14.6 Å². The predicted molar refractivity (Wildman–Crippen MR) is 68.1 cm³/mol. The molecule has 0 heterocycles. The predicted octanol–water partition coefficient (Wildman–Crippen LogP) is 3.35. The fourth-order valence-corrected chi connectivity index (χ4v) is 1.40. The summed E-state index contributed by atoms with van der Waals surface area (Å²) < 4.78 is 5.66. The Morgan fingerprint density at radius 3 is 2.76 bits per heavy atom. The number of ether oxygens (including phenoxy) is 1. The van der Waals surface area contributed by atoms with Crippen LogP contribution in [0.1, 0.15) is 32.3 Å². The highest BCUT2D eigenvalue weighted by atomic mass is 16.5. The van der Waals surface area contributed by atoms with E-state index >= 15 is 0 Å². The summed E-state index contributed by atoms with van der Waals surface area (Å²) in [6.45, 7) is 3.95. The Kier molecular flexibility index (Phi) is 5.27. The Morgan fingerprint density at radius 1 is 1.41 bits per heavy atom. The number of carboxylic acid groups (broad SMARTS) is 1. The molecule has 3 heteroatoms. The molecule has 0 atom stereocenters. The number of rotatable bonds is 6. The van der Waals surface area contributed by atoms with E-state index in [0.29, 0.717) is 6.42 Å². The van der Waals surface area contributed by atoms with E-state index in [4.69, 9.17) is 9.84 Å². The van der Waals surface area contributed by atoms with Gasteiger partial charge in [0.05, 0.1) is 6.10 Å². The second kappa shape index (κ2) is 6.74. The molecule has 17 heavy (non-hydrogen) atoms. The van der Waals surface area contributed by atoms with Crippen molar-refractivity contribution in [2.75, 3.05) is 0 Å². The van der Waals surface area contributed by atoms with Gasteiger partial charge in [0.15, 0.2) is 0 Å². The second-order valence-electron chi connectivity index (χ2n) is 4.04. The molecule has 1 aromatic carbocycles. The topological polar surface area (TPSA) is 46.5 Å². The molecule has 0 fully saturated rings. The van der Waals surface area contributed by atoms with Crippen LogP contribution < -0.4 is 4.74 Å². The Hall–Kier alpha value is -1.77. The summed E-state index contributed by atoms with van der Waals surface area (Å²) in [4.78, 5) is 10.4. The van der Waals surface area contributed by atoms with Crippen molar-refractivity contribution >= 4 is 12.0 Å². The summed E-state index contributed by atoms with van der Waals surface area (Å²) in [5, 5.41) is 8.53. The first-order valence-electron chi connectivity index (χ1n) is 5.73. The minimum absolute atomic E-state index is 0.128. The molecule has 0 aromatic heterocycles. The number of allylic oxidation sites excluding steroid dienone is 1. The van der Waals surface area contributed by atoms with Gasteiger partial charge in [-0.3, -0.25) is 4.79 Å². The number of carbonyl (C=O) groups is 1. The van der Waals surface area contributed by atoms with Gasteiger partial charge in [-0.05, 0) is 26.3 Å². The zero-order valence-corrected chi connectivity index (χ0v) is 10.2. The summed E-state index contributed by atoms with van der Waals surface area (Å²) >= 11 is 0. The maximum absolute atomic E-state index is 10.4. The zero-order chi connectivity index (χ0) is 12.7. The van der Waals surface area contributed by atoms with Gasteiger partial charge in [0.25, 0.3) is 0 Å². The molecule has 0 aliphatic rings. The molecule has 0 saturated heterocycles. The van der Waals surface area contributed by atoms with Gasteiger partial charge in [-0.2, -0.15) is 0 Å². The molecule has 0 aliphatic carbocycles.